The van der Waals surface area contributed by atoms with Gasteiger partial charge in [-0.3, -0.25) is 9.59 Å². The molecule has 4 heteroatoms. The van der Waals surface area contributed by atoms with Gasteiger partial charge in [-0.1, -0.05) is 6.08 Å². The minimum Gasteiger partial charge on any atom is -0.343 e. The number of hydrogen-bond donors (Lipinski definition) is 0. The average Bonchev–Trinajstić information content (AvgIpc) is 2.90. The zero-order chi connectivity index (χ0) is 12.7. The van der Waals surface area contributed by atoms with Crippen molar-refractivity contribution in [2.45, 2.75) is 32.6 Å². The first-order valence-electron chi connectivity index (χ1n) is 6.35. The fourth-order valence-corrected chi connectivity index (χ4v) is 2.09. The third-order valence-electron chi connectivity index (χ3n) is 3.07. The summed E-state index contributed by atoms with van der Waals surface area (Å²) in [5.41, 5.74) is 0. The number of nitrogens with zero attached hydrogens (tertiary/aromatic N) is 2. The van der Waals surface area contributed by atoms with Gasteiger partial charge >= 0.3 is 0 Å². The van der Waals surface area contributed by atoms with Crippen molar-refractivity contribution in [2.24, 2.45) is 0 Å². The van der Waals surface area contributed by atoms with E-state index < -0.39 is 0 Å². The summed E-state index contributed by atoms with van der Waals surface area (Å²) in [7, 11) is 0. The second kappa shape index (κ2) is 7.09. The zero-order valence-corrected chi connectivity index (χ0v) is 10.7. The average molecular weight is 238 g/mol. The number of rotatable bonds is 3. The van der Waals surface area contributed by atoms with Gasteiger partial charge in [-0.2, -0.15) is 0 Å². The quantitative estimate of drug-likeness (QED) is 0.698. The predicted molar refractivity (Wildman–Crippen MR) is 67.5 cm³/mol. The van der Waals surface area contributed by atoms with Crippen LogP contribution >= 0.6 is 0 Å². The Labute approximate surface area is 103 Å². The van der Waals surface area contributed by atoms with E-state index in [-0.39, 0.29) is 5.91 Å². The van der Waals surface area contributed by atoms with E-state index >= 15 is 0 Å². The van der Waals surface area contributed by atoms with E-state index in [1.165, 1.54) is 0 Å². The van der Waals surface area contributed by atoms with Gasteiger partial charge in [0.15, 0.2) is 0 Å². The van der Waals surface area contributed by atoms with Gasteiger partial charge in [-0.25, -0.2) is 0 Å². The Morgan fingerprint density at radius 2 is 1.65 bits per heavy atom. The molecule has 0 bridgehead atoms. The minimum atomic E-state index is 0.273. The molecule has 2 heterocycles. The highest BCUT2D eigenvalue weighted by Crippen LogP contribution is 2.08. The normalized spacial score (nSPS) is 19.4. The van der Waals surface area contributed by atoms with Gasteiger partial charge in [-0.05, 0) is 19.8 Å². The summed E-state index contributed by atoms with van der Waals surface area (Å²) in [4.78, 5) is 25.3. The second-order valence-electron chi connectivity index (χ2n) is 4.31. The molecule has 0 aromatic carbocycles. The standard InChI is InChI=1S/C7H11NO.C6H11NO/c1-2-5-8-6-3-4-7(8)9;1-2-7-5-3-4-6(7)8/h2H,1,3-6H2;2-5H2,1H3. The van der Waals surface area contributed by atoms with E-state index in [1.807, 2.05) is 16.7 Å². The lowest BCUT2D eigenvalue weighted by atomic mass is 10.4. The topological polar surface area (TPSA) is 40.6 Å². The fraction of sp³-hybridized carbons (Fsp3) is 0.692. The number of carbonyl (C=O) groups is 2. The van der Waals surface area contributed by atoms with Crippen LogP contribution in [0.2, 0.25) is 0 Å². The van der Waals surface area contributed by atoms with Crippen LogP contribution in [-0.4, -0.2) is 47.8 Å². The van der Waals surface area contributed by atoms with E-state index in [1.54, 1.807) is 6.08 Å². The van der Waals surface area contributed by atoms with Crippen LogP contribution in [0, 0.1) is 0 Å². The summed E-state index contributed by atoms with van der Waals surface area (Å²) in [6.45, 7) is 9.09. The largest absolute Gasteiger partial charge is 0.343 e. The summed E-state index contributed by atoms with van der Waals surface area (Å²) >= 11 is 0. The Morgan fingerprint density at radius 1 is 1.12 bits per heavy atom. The van der Waals surface area contributed by atoms with Gasteiger partial charge < -0.3 is 9.80 Å². The van der Waals surface area contributed by atoms with Gasteiger partial charge in [0.1, 0.15) is 0 Å². The summed E-state index contributed by atoms with van der Waals surface area (Å²) in [5, 5.41) is 0. The van der Waals surface area contributed by atoms with Crippen molar-refractivity contribution in [2.75, 3.05) is 26.2 Å². The molecule has 96 valence electrons. The molecule has 0 unspecified atom stereocenters. The molecular weight excluding hydrogens is 216 g/mol. The lowest BCUT2D eigenvalue weighted by Gasteiger charge is -2.10. The Kier molecular flexibility index (Phi) is 5.73. The Balaban J connectivity index is 0.000000171. The van der Waals surface area contributed by atoms with Gasteiger partial charge in [0.2, 0.25) is 11.8 Å². The first-order valence-corrected chi connectivity index (χ1v) is 6.35. The molecular formula is C13H22N2O2. The van der Waals surface area contributed by atoms with Crippen LogP contribution in [0.1, 0.15) is 32.6 Å². The molecule has 0 N–H and O–H groups in total. The van der Waals surface area contributed by atoms with E-state index in [0.29, 0.717) is 5.91 Å². The van der Waals surface area contributed by atoms with Crippen molar-refractivity contribution in [1.82, 2.24) is 9.80 Å². The molecule has 0 radical (unpaired) electrons. The number of carbonyl (C=O) groups excluding carboxylic acids is 2. The smallest absolute Gasteiger partial charge is 0.222 e. The van der Waals surface area contributed by atoms with E-state index in [9.17, 15) is 9.59 Å². The van der Waals surface area contributed by atoms with Gasteiger partial charge in [0.05, 0.1) is 0 Å². The molecule has 17 heavy (non-hydrogen) atoms. The third-order valence-corrected chi connectivity index (χ3v) is 3.07. The van der Waals surface area contributed by atoms with Crippen molar-refractivity contribution in [1.29, 1.82) is 0 Å². The van der Waals surface area contributed by atoms with Crippen LogP contribution in [0.4, 0.5) is 0 Å². The molecule has 2 rings (SSSR count). The van der Waals surface area contributed by atoms with Crippen molar-refractivity contribution < 1.29 is 9.59 Å². The Bertz CT molecular complexity index is 289. The van der Waals surface area contributed by atoms with Crippen molar-refractivity contribution in [3.8, 4) is 0 Å². The van der Waals surface area contributed by atoms with Crippen LogP contribution in [0.5, 0.6) is 0 Å². The molecule has 2 saturated heterocycles. The van der Waals surface area contributed by atoms with Crippen LogP contribution in [-0.2, 0) is 9.59 Å². The maximum absolute atomic E-state index is 10.8. The van der Waals surface area contributed by atoms with Gasteiger partial charge in [0, 0.05) is 39.0 Å². The Hall–Kier alpha value is -1.32. The molecule has 2 amide bonds. The lowest BCUT2D eigenvalue weighted by molar-refractivity contribution is -0.128. The van der Waals surface area contributed by atoms with E-state index in [4.69, 9.17) is 0 Å². The van der Waals surface area contributed by atoms with E-state index in [2.05, 4.69) is 6.58 Å². The summed E-state index contributed by atoms with van der Waals surface area (Å²) in [6, 6.07) is 0. The SMILES string of the molecule is C=CCN1CCCC1=O.CCN1CCCC1=O. The molecule has 0 aromatic heterocycles. The van der Waals surface area contributed by atoms with E-state index in [0.717, 1.165) is 51.9 Å². The number of hydrogen-bond acceptors (Lipinski definition) is 2. The summed E-state index contributed by atoms with van der Waals surface area (Å²) in [5.74, 6) is 0.599. The molecule has 2 fully saturated rings. The third kappa shape index (κ3) is 4.21. The molecule has 4 nitrogen and oxygen atoms in total. The molecule has 0 atom stereocenters. The van der Waals surface area contributed by atoms with Crippen molar-refractivity contribution in [3.63, 3.8) is 0 Å². The van der Waals surface area contributed by atoms with Crippen molar-refractivity contribution in [3.05, 3.63) is 12.7 Å². The molecule has 0 aliphatic carbocycles. The highest BCUT2D eigenvalue weighted by Gasteiger charge is 2.17. The molecule has 0 saturated carbocycles. The monoisotopic (exact) mass is 238 g/mol. The Morgan fingerprint density at radius 3 is 1.94 bits per heavy atom. The maximum atomic E-state index is 10.8. The number of amides is 2. The second-order valence-corrected chi connectivity index (χ2v) is 4.31. The minimum absolute atomic E-state index is 0.273. The summed E-state index contributed by atoms with van der Waals surface area (Å²) in [6.07, 6.45) is 5.35. The predicted octanol–water partition coefficient (Wildman–Crippen LogP) is 1.42. The highest BCUT2D eigenvalue weighted by molar-refractivity contribution is 5.78. The fourth-order valence-electron chi connectivity index (χ4n) is 2.09. The first kappa shape index (κ1) is 13.7. The zero-order valence-electron chi connectivity index (χ0n) is 10.7. The number of likely N-dealkylation sites (tertiary alicyclic amines) is 2. The molecule has 2 aliphatic rings. The highest BCUT2D eigenvalue weighted by atomic mass is 16.2. The first-order chi connectivity index (χ1) is 8.19. The summed E-state index contributed by atoms with van der Waals surface area (Å²) < 4.78 is 0. The molecule has 0 aromatic rings. The van der Waals surface area contributed by atoms with Crippen LogP contribution in [0.25, 0.3) is 0 Å². The molecule has 2 aliphatic heterocycles. The van der Waals surface area contributed by atoms with Gasteiger partial charge in [-0.15, -0.1) is 6.58 Å². The molecule has 0 spiro atoms. The lowest BCUT2D eigenvalue weighted by Crippen LogP contribution is -2.24. The van der Waals surface area contributed by atoms with Crippen molar-refractivity contribution >= 4 is 11.8 Å². The maximum Gasteiger partial charge on any atom is 0.222 e. The van der Waals surface area contributed by atoms with Crippen LogP contribution in [0.3, 0.4) is 0 Å². The van der Waals surface area contributed by atoms with Gasteiger partial charge in [0.25, 0.3) is 0 Å². The van der Waals surface area contributed by atoms with Crippen LogP contribution < -0.4 is 0 Å². The van der Waals surface area contributed by atoms with Crippen LogP contribution in [0.15, 0.2) is 12.7 Å².